The summed E-state index contributed by atoms with van der Waals surface area (Å²) in [5, 5.41) is 10.9. The van der Waals surface area contributed by atoms with Gasteiger partial charge in [0, 0.05) is 23.5 Å². The van der Waals surface area contributed by atoms with Gasteiger partial charge in [-0.1, -0.05) is 48.5 Å². The number of phenols is 1. The summed E-state index contributed by atoms with van der Waals surface area (Å²) in [7, 11) is 0. The average molecular weight is 441 g/mol. The van der Waals surface area contributed by atoms with Crippen molar-refractivity contribution < 1.29 is 14.6 Å². The van der Waals surface area contributed by atoms with Crippen molar-refractivity contribution in [1.29, 1.82) is 0 Å². The Morgan fingerprint density at radius 1 is 0.939 bits per heavy atom. The van der Waals surface area contributed by atoms with Gasteiger partial charge in [0.2, 0.25) is 0 Å². The van der Waals surface area contributed by atoms with Crippen LogP contribution in [0.2, 0.25) is 0 Å². The number of nitrogens with zero attached hydrogens (tertiary/aromatic N) is 2. The largest absolute Gasteiger partial charge is 0.508 e. The lowest BCUT2D eigenvalue weighted by molar-refractivity contribution is 0.0539. The smallest absolute Gasteiger partial charge is 0.419 e. The van der Waals surface area contributed by atoms with Crippen molar-refractivity contribution in [2.24, 2.45) is 0 Å². The van der Waals surface area contributed by atoms with Crippen molar-refractivity contribution in [3.63, 3.8) is 0 Å². The summed E-state index contributed by atoms with van der Waals surface area (Å²) < 4.78 is 7.57. The Morgan fingerprint density at radius 2 is 1.61 bits per heavy atom. The van der Waals surface area contributed by atoms with Gasteiger partial charge in [0.05, 0.1) is 17.8 Å². The van der Waals surface area contributed by atoms with Crippen LogP contribution in [-0.2, 0) is 11.3 Å². The molecule has 5 rings (SSSR count). The number of carbonyl (C=O) groups is 1. The molecular weight excluding hydrogens is 412 g/mol. The first kappa shape index (κ1) is 21.1. The van der Waals surface area contributed by atoms with Crippen LogP contribution < -0.4 is 4.90 Å². The fourth-order valence-electron chi connectivity index (χ4n) is 4.75. The molecule has 1 aromatic heterocycles. The molecule has 0 amide bonds. The molecule has 168 valence electrons. The van der Waals surface area contributed by atoms with Crippen molar-refractivity contribution in [3.05, 3.63) is 95.7 Å². The van der Waals surface area contributed by atoms with Crippen molar-refractivity contribution in [1.82, 2.24) is 4.57 Å². The van der Waals surface area contributed by atoms with Gasteiger partial charge < -0.3 is 14.7 Å². The van der Waals surface area contributed by atoms with Crippen LogP contribution in [0.4, 0.5) is 10.5 Å². The summed E-state index contributed by atoms with van der Waals surface area (Å²) in [6.07, 6.45) is -0.362. The number of hydrogen-bond donors (Lipinski definition) is 1. The lowest BCUT2D eigenvalue weighted by Gasteiger charge is -2.36. The molecule has 3 aromatic carbocycles. The minimum Gasteiger partial charge on any atom is -0.508 e. The molecule has 33 heavy (non-hydrogen) atoms. The Morgan fingerprint density at radius 3 is 2.30 bits per heavy atom. The third kappa shape index (κ3) is 3.95. The van der Waals surface area contributed by atoms with E-state index in [2.05, 4.69) is 23.1 Å². The number of para-hydroxylation sites is 2. The number of hydrogen-bond acceptors (Lipinski definition) is 4. The summed E-state index contributed by atoms with van der Waals surface area (Å²) >= 11 is 0. The standard InChI is InChI=1S/C28H28N2O3/c1-28(2,3)33-27(32)30-24-12-8-7-11-22(24)26-23(19-13-15-21(31)16-14-19)17-29(18-25(26)30)20-9-5-4-6-10-20/h4-16,23,31H,17-18H2,1-3H3. The number of aromatic hydroxyl groups is 1. The van der Waals surface area contributed by atoms with Crippen molar-refractivity contribution in [2.45, 2.75) is 38.8 Å². The number of carbonyl (C=O) groups excluding carboxylic acids is 1. The number of aromatic nitrogens is 1. The SMILES string of the molecule is CC(C)(C)OC(=O)n1c2c(c3ccccc31)C(c1ccc(O)cc1)CN(c1ccccc1)C2. The maximum Gasteiger partial charge on any atom is 0.419 e. The van der Waals surface area contributed by atoms with E-state index in [0.717, 1.165) is 40.0 Å². The molecule has 1 aliphatic heterocycles. The van der Waals surface area contributed by atoms with Crippen LogP contribution in [0.5, 0.6) is 5.75 Å². The number of fused-ring (bicyclic) bond motifs is 3. The molecule has 0 aliphatic carbocycles. The normalized spacial score (nSPS) is 16.0. The van der Waals surface area contributed by atoms with Crippen LogP contribution in [0.1, 0.15) is 43.5 Å². The van der Waals surface area contributed by atoms with Crippen LogP contribution >= 0.6 is 0 Å². The lowest BCUT2D eigenvalue weighted by Crippen LogP contribution is -2.36. The first-order valence-corrected chi connectivity index (χ1v) is 11.3. The van der Waals surface area contributed by atoms with E-state index < -0.39 is 5.60 Å². The molecule has 0 radical (unpaired) electrons. The highest BCUT2D eigenvalue weighted by atomic mass is 16.6. The van der Waals surface area contributed by atoms with Crippen molar-refractivity contribution in [2.75, 3.05) is 11.4 Å². The molecule has 0 bridgehead atoms. The molecule has 4 aromatic rings. The Hall–Kier alpha value is -3.73. The van der Waals surface area contributed by atoms with Crippen molar-refractivity contribution in [3.8, 4) is 5.75 Å². The van der Waals surface area contributed by atoms with Gasteiger partial charge in [-0.15, -0.1) is 0 Å². The molecule has 2 heterocycles. The van der Waals surface area contributed by atoms with Crippen LogP contribution in [-0.4, -0.2) is 27.9 Å². The van der Waals surface area contributed by atoms with Crippen molar-refractivity contribution >= 4 is 22.7 Å². The first-order valence-electron chi connectivity index (χ1n) is 11.3. The van der Waals surface area contributed by atoms with E-state index in [1.54, 1.807) is 16.7 Å². The summed E-state index contributed by atoms with van der Waals surface area (Å²) in [4.78, 5) is 15.7. The third-order valence-corrected chi connectivity index (χ3v) is 6.10. The minimum atomic E-state index is -0.598. The monoisotopic (exact) mass is 440 g/mol. The molecule has 1 aliphatic rings. The molecule has 0 saturated heterocycles. The summed E-state index contributed by atoms with van der Waals surface area (Å²) in [5.74, 6) is 0.272. The highest BCUT2D eigenvalue weighted by molar-refractivity contribution is 5.95. The van der Waals surface area contributed by atoms with E-state index in [9.17, 15) is 9.90 Å². The van der Waals surface area contributed by atoms with E-state index in [4.69, 9.17) is 4.74 Å². The summed E-state index contributed by atoms with van der Waals surface area (Å²) in [5.41, 5.74) is 4.55. The van der Waals surface area contributed by atoms with Gasteiger partial charge in [-0.05, 0) is 62.2 Å². The molecule has 5 nitrogen and oxygen atoms in total. The van der Waals surface area contributed by atoms with E-state index in [1.807, 2.05) is 69.3 Å². The van der Waals surface area contributed by atoms with Crippen LogP contribution in [0, 0.1) is 0 Å². The second-order valence-electron chi connectivity index (χ2n) is 9.55. The van der Waals surface area contributed by atoms with Gasteiger partial charge in [-0.2, -0.15) is 0 Å². The Bertz CT molecular complexity index is 1300. The molecule has 5 heteroatoms. The topological polar surface area (TPSA) is 54.7 Å². The van der Waals surface area contributed by atoms with Crippen LogP contribution in [0.3, 0.4) is 0 Å². The summed E-state index contributed by atoms with van der Waals surface area (Å²) in [6.45, 7) is 7.03. The Kier molecular flexibility index (Phi) is 5.12. The Balaban J connectivity index is 1.74. The zero-order valence-electron chi connectivity index (χ0n) is 19.2. The zero-order valence-corrected chi connectivity index (χ0v) is 19.2. The predicted molar refractivity (Wildman–Crippen MR) is 131 cm³/mol. The van der Waals surface area contributed by atoms with Gasteiger partial charge in [-0.3, -0.25) is 0 Å². The molecule has 1 unspecified atom stereocenters. The second kappa shape index (κ2) is 8.00. The molecule has 0 fully saturated rings. The van der Waals surface area contributed by atoms with Gasteiger partial charge in [0.1, 0.15) is 11.4 Å². The average Bonchev–Trinajstić information content (AvgIpc) is 3.13. The van der Waals surface area contributed by atoms with Crippen LogP contribution in [0.15, 0.2) is 78.9 Å². The van der Waals surface area contributed by atoms with E-state index in [0.29, 0.717) is 6.54 Å². The molecule has 1 N–H and O–H groups in total. The molecule has 0 spiro atoms. The number of ether oxygens (including phenoxy) is 1. The molecular formula is C28H28N2O3. The maximum atomic E-state index is 13.4. The van der Waals surface area contributed by atoms with Gasteiger partial charge in [0.25, 0.3) is 0 Å². The first-order chi connectivity index (χ1) is 15.8. The zero-order chi connectivity index (χ0) is 23.2. The third-order valence-electron chi connectivity index (χ3n) is 6.10. The second-order valence-corrected chi connectivity index (χ2v) is 9.55. The Labute approximate surface area is 193 Å². The maximum absolute atomic E-state index is 13.4. The molecule has 1 atom stereocenters. The number of anilines is 1. The fraction of sp³-hybridized carbons (Fsp3) is 0.250. The van der Waals surface area contributed by atoms with E-state index in [-0.39, 0.29) is 17.8 Å². The predicted octanol–water partition coefficient (Wildman–Crippen LogP) is 6.28. The van der Waals surface area contributed by atoms with Crippen LogP contribution in [0.25, 0.3) is 10.9 Å². The van der Waals surface area contributed by atoms with E-state index in [1.165, 1.54) is 0 Å². The lowest BCUT2D eigenvalue weighted by atomic mass is 9.85. The number of benzene rings is 3. The molecule has 0 saturated carbocycles. The fourth-order valence-corrected chi connectivity index (χ4v) is 4.75. The van der Waals surface area contributed by atoms with Gasteiger partial charge in [0.15, 0.2) is 0 Å². The quantitative estimate of drug-likeness (QED) is 0.398. The summed E-state index contributed by atoms with van der Waals surface area (Å²) in [6, 6.07) is 25.7. The number of rotatable bonds is 2. The highest BCUT2D eigenvalue weighted by Crippen LogP contribution is 2.42. The van der Waals surface area contributed by atoms with E-state index >= 15 is 0 Å². The van der Waals surface area contributed by atoms with Gasteiger partial charge in [-0.25, -0.2) is 9.36 Å². The highest BCUT2D eigenvalue weighted by Gasteiger charge is 2.35. The minimum absolute atomic E-state index is 0.0307. The van der Waals surface area contributed by atoms with Gasteiger partial charge >= 0.3 is 6.09 Å². The number of phenolic OH excluding ortho intramolecular Hbond substituents is 1.